The van der Waals surface area contributed by atoms with Crippen LogP contribution < -0.4 is 0 Å². The van der Waals surface area contributed by atoms with E-state index in [0.717, 1.165) is 12.5 Å². The average Bonchev–Trinajstić information content (AvgIpc) is 2.00. The predicted molar refractivity (Wildman–Crippen MR) is 47.0 cm³/mol. The van der Waals surface area contributed by atoms with E-state index in [9.17, 15) is 8.78 Å². The van der Waals surface area contributed by atoms with Crippen molar-refractivity contribution in [3.63, 3.8) is 0 Å². The van der Waals surface area contributed by atoms with Crippen LogP contribution in [0.15, 0.2) is 24.3 Å². The zero-order valence-electron chi connectivity index (χ0n) is 7.43. The highest BCUT2D eigenvalue weighted by Gasteiger charge is 2.20. The zero-order chi connectivity index (χ0) is 9.90. The van der Waals surface area contributed by atoms with E-state index in [4.69, 9.17) is 5.11 Å². The number of phenols is 1. The Hall–Kier alpha value is -1.12. The lowest BCUT2D eigenvalue weighted by Crippen LogP contribution is -2.10. The van der Waals surface area contributed by atoms with Gasteiger partial charge in [0.05, 0.1) is 0 Å². The van der Waals surface area contributed by atoms with E-state index in [1.807, 2.05) is 0 Å². The van der Waals surface area contributed by atoms with Crippen LogP contribution >= 0.6 is 0 Å². The maximum absolute atomic E-state index is 12.4. The third kappa shape index (κ3) is 3.87. The first kappa shape index (κ1) is 9.96. The van der Waals surface area contributed by atoms with Crippen molar-refractivity contribution >= 4 is 0 Å². The van der Waals surface area contributed by atoms with Crippen molar-refractivity contribution in [1.29, 1.82) is 0 Å². The second-order valence-electron chi connectivity index (χ2n) is 3.24. The summed E-state index contributed by atoms with van der Waals surface area (Å²) in [6.45, 7) is 0.899. The van der Waals surface area contributed by atoms with Crippen molar-refractivity contribution in [2.24, 2.45) is 0 Å². The molecule has 0 saturated heterocycles. The van der Waals surface area contributed by atoms with Crippen LogP contribution in [0.25, 0.3) is 0 Å². The molecule has 72 valence electrons. The standard InChI is InChI=1S/C10H12F2O/c1-10(11,12)6-5-8-3-2-4-9(13)7-8/h2-4,7,13H,5-6H2,1H3. The highest BCUT2D eigenvalue weighted by molar-refractivity contribution is 5.27. The molecule has 0 aliphatic carbocycles. The van der Waals surface area contributed by atoms with Crippen molar-refractivity contribution in [2.45, 2.75) is 25.7 Å². The quantitative estimate of drug-likeness (QED) is 0.769. The Kier molecular flexibility index (Phi) is 2.86. The molecule has 0 unspecified atom stereocenters. The topological polar surface area (TPSA) is 20.2 Å². The number of halogens is 2. The van der Waals surface area contributed by atoms with Crippen molar-refractivity contribution in [3.05, 3.63) is 29.8 Å². The summed E-state index contributed by atoms with van der Waals surface area (Å²) in [6, 6.07) is 6.41. The molecule has 0 aromatic heterocycles. The number of benzene rings is 1. The Balaban J connectivity index is 2.55. The minimum absolute atomic E-state index is 0.122. The second kappa shape index (κ2) is 3.73. The maximum Gasteiger partial charge on any atom is 0.245 e. The van der Waals surface area contributed by atoms with E-state index in [1.54, 1.807) is 12.1 Å². The van der Waals surface area contributed by atoms with Gasteiger partial charge in [-0.05, 0) is 31.0 Å². The fourth-order valence-electron chi connectivity index (χ4n) is 1.08. The van der Waals surface area contributed by atoms with Crippen molar-refractivity contribution < 1.29 is 13.9 Å². The van der Waals surface area contributed by atoms with Gasteiger partial charge in [-0.25, -0.2) is 8.78 Å². The predicted octanol–water partition coefficient (Wildman–Crippen LogP) is 2.98. The van der Waals surface area contributed by atoms with Gasteiger partial charge in [0.15, 0.2) is 0 Å². The van der Waals surface area contributed by atoms with Gasteiger partial charge >= 0.3 is 0 Å². The molecule has 0 atom stereocenters. The molecule has 1 aromatic rings. The summed E-state index contributed by atoms with van der Waals surface area (Å²) in [6.07, 6.45) is 0.106. The molecule has 0 saturated carbocycles. The molecule has 1 rings (SSSR count). The van der Waals surface area contributed by atoms with Gasteiger partial charge in [0.1, 0.15) is 5.75 Å². The number of hydrogen-bond donors (Lipinski definition) is 1. The molecule has 1 N–H and O–H groups in total. The molecule has 13 heavy (non-hydrogen) atoms. The minimum Gasteiger partial charge on any atom is -0.508 e. The number of aromatic hydroxyl groups is 1. The molecule has 1 nitrogen and oxygen atoms in total. The van der Waals surface area contributed by atoms with E-state index >= 15 is 0 Å². The number of rotatable bonds is 3. The molecular weight excluding hydrogens is 174 g/mol. The van der Waals surface area contributed by atoms with Gasteiger partial charge in [-0.2, -0.15) is 0 Å². The summed E-state index contributed by atoms with van der Waals surface area (Å²) >= 11 is 0. The van der Waals surface area contributed by atoms with Crippen LogP contribution in [0.4, 0.5) is 8.78 Å². The lowest BCUT2D eigenvalue weighted by Gasteiger charge is -2.09. The molecule has 1 aromatic carbocycles. The molecular formula is C10H12F2O. The van der Waals surface area contributed by atoms with E-state index in [-0.39, 0.29) is 18.6 Å². The first-order chi connectivity index (χ1) is 5.97. The summed E-state index contributed by atoms with van der Waals surface area (Å²) in [5.74, 6) is -2.51. The van der Waals surface area contributed by atoms with Crippen molar-refractivity contribution in [1.82, 2.24) is 0 Å². The highest BCUT2D eigenvalue weighted by Crippen LogP contribution is 2.21. The van der Waals surface area contributed by atoms with Crippen LogP contribution in [0.3, 0.4) is 0 Å². The normalized spacial score (nSPS) is 11.6. The van der Waals surface area contributed by atoms with Gasteiger partial charge in [-0.15, -0.1) is 0 Å². The van der Waals surface area contributed by atoms with E-state index in [1.165, 1.54) is 12.1 Å². The Bertz CT molecular complexity index is 278. The summed E-state index contributed by atoms with van der Waals surface area (Å²) in [5, 5.41) is 9.05. The van der Waals surface area contributed by atoms with Crippen molar-refractivity contribution in [3.8, 4) is 5.75 Å². The average molecular weight is 186 g/mol. The first-order valence-corrected chi connectivity index (χ1v) is 4.13. The SMILES string of the molecule is CC(F)(F)CCc1cccc(O)c1. The van der Waals surface area contributed by atoms with Crippen LogP contribution in [0.5, 0.6) is 5.75 Å². The third-order valence-electron chi connectivity index (χ3n) is 1.76. The summed E-state index contributed by atoms with van der Waals surface area (Å²) in [4.78, 5) is 0. The van der Waals surface area contributed by atoms with E-state index in [0.29, 0.717) is 0 Å². The van der Waals surface area contributed by atoms with Crippen LogP contribution in [-0.4, -0.2) is 11.0 Å². The van der Waals surface area contributed by atoms with Gasteiger partial charge < -0.3 is 5.11 Å². The van der Waals surface area contributed by atoms with Crippen LogP contribution in [-0.2, 0) is 6.42 Å². The van der Waals surface area contributed by atoms with E-state index in [2.05, 4.69) is 0 Å². The fraction of sp³-hybridized carbons (Fsp3) is 0.400. The van der Waals surface area contributed by atoms with Gasteiger partial charge in [0.25, 0.3) is 0 Å². The lowest BCUT2D eigenvalue weighted by atomic mass is 10.1. The monoisotopic (exact) mass is 186 g/mol. The number of alkyl halides is 2. The van der Waals surface area contributed by atoms with Crippen LogP contribution in [0.2, 0.25) is 0 Å². The van der Waals surface area contributed by atoms with Gasteiger partial charge in [-0.3, -0.25) is 0 Å². The first-order valence-electron chi connectivity index (χ1n) is 4.13. The Labute approximate surface area is 76.0 Å². The molecule has 0 fully saturated rings. The Morgan fingerprint density at radius 3 is 2.62 bits per heavy atom. The Morgan fingerprint density at radius 2 is 2.08 bits per heavy atom. The fourth-order valence-corrected chi connectivity index (χ4v) is 1.08. The molecule has 0 radical (unpaired) electrons. The maximum atomic E-state index is 12.4. The third-order valence-corrected chi connectivity index (χ3v) is 1.76. The van der Waals surface area contributed by atoms with Gasteiger partial charge in [0.2, 0.25) is 5.92 Å². The van der Waals surface area contributed by atoms with Crippen LogP contribution in [0, 0.1) is 0 Å². The zero-order valence-corrected chi connectivity index (χ0v) is 7.43. The molecule has 0 spiro atoms. The molecule has 0 amide bonds. The smallest absolute Gasteiger partial charge is 0.245 e. The number of phenolic OH excluding ortho intramolecular Hbond substituents is 1. The van der Waals surface area contributed by atoms with E-state index < -0.39 is 5.92 Å². The molecule has 0 aliphatic heterocycles. The highest BCUT2D eigenvalue weighted by atomic mass is 19.3. The minimum atomic E-state index is -2.63. The summed E-state index contributed by atoms with van der Waals surface area (Å²) in [5.41, 5.74) is 0.738. The van der Waals surface area contributed by atoms with Crippen LogP contribution in [0.1, 0.15) is 18.9 Å². The molecule has 0 aliphatic rings. The molecule has 0 heterocycles. The Morgan fingerprint density at radius 1 is 1.38 bits per heavy atom. The lowest BCUT2D eigenvalue weighted by molar-refractivity contribution is 0.0133. The largest absolute Gasteiger partial charge is 0.508 e. The summed E-state index contributed by atoms with van der Waals surface area (Å²) in [7, 11) is 0. The van der Waals surface area contributed by atoms with Crippen molar-refractivity contribution in [2.75, 3.05) is 0 Å². The van der Waals surface area contributed by atoms with Gasteiger partial charge in [0, 0.05) is 6.42 Å². The summed E-state index contributed by atoms with van der Waals surface area (Å²) < 4.78 is 24.9. The second-order valence-corrected chi connectivity index (χ2v) is 3.24. The molecule has 3 heteroatoms. The number of hydrogen-bond acceptors (Lipinski definition) is 1. The molecule has 0 bridgehead atoms. The number of aryl methyl sites for hydroxylation is 1. The van der Waals surface area contributed by atoms with Gasteiger partial charge in [-0.1, -0.05) is 12.1 Å².